The third-order valence-corrected chi connectivity index (χ3v) is 2.79. The van der Waals surface area contributed by atoms with Crippen LogP contribution in [0, 0.1) is 4.64 Å². The summed E-state index contributed by atoms with van der Waals surface area (Å²) in [6, 6.07) is 9.18. The normalized spacial score (nSPS) is 10.0. The Hall–Kier alpha value is -2.01. The average molecular weight is 259 g/mol. The highest BCUT2D eigenvalue weighted by Gasteiger charge is 2.06. The lowest BCUT2D eigenvalue weighted by atomic mass is 10.2. The molecule has 5 heteroatoms. The first-order valence-electron chi connectivity index (χ1n) is 5.63. The molecule has 18 heavy (non-hydrogen) atoms. The molecular weight excluding hydrogens is 246 g/mol. The Balaban J connectivity index is 1.90. The fourth-order valence-electron chi connectivity index (χ4n) is 1.55. The van der Waals surface area contributed by atoms with Crippen molar-refractivity contribution in [3.63, 3.8) is 0 Å². The monoisotopic (exact) mass is 259 g/mol. The summed E-state index contributed by atoms with van der Waals surface area (Å²) in [5.41, 5.74) is 1.45. The molecule has 0 unspecified atom stereocenters. The van der Waals surface area contributed by atoms with Crippen LogP contribution >= 0.6 is 12.2 Å². The SMILES string of the molecule is O=C(NCCc1ccccn1)c1ccc[nH]c1=S. The van der Waals surface area contributed by atoms with Gasteiger partial charge >= 0.3 is 0 Å². The van der Waals surface area contributed by atoms with Crippen LogP contribution in [0.3, 0.4) is 0 Å². The van der Waals surface area contributed by atoms with Crippen LogP contribution in [0.1, 0.15) is 16.1 Å². The van der Waals surface area contributed by atoms with E-state index >= 15 is 0 Å². The smallest absolute Gasteiger partial charge is 0.254 e. The van der Waals surface area contributed by atoms with Crippen LogP contribution in [0.25, 0.3) is 0 Å². The Morgan fingerprint density at radius 2 is 2.22 bits per heavy atom. The Morgan fingerprint density at radius 1 is 1.33 bits per heavy atom. The number of hydrogen-bond acceptors (Lipinski definition) is 3. The van der Waals surface area contributed by atoms with Gasteiger partial charge in [-0.2, -0.15) is 0 Å². The summed E-state index contributed by atoms with van der Waals surface area (Å²) in [7, 11) is 0. The van der Waals surface area contributed by atoms with Crippen molar-refractivity contribution in [2.45, 2.75) is 6.42 Å². The summed E-state index contributed by atoms with van der Waals surface area (Å²) < 4.78 is 0.452. The van der Waals surface area contributed by atoms with E-state index in [-0.39, 0.29) is 5.91 Å². The van der Waals surface area contributed by atoms with Gasteiger partial charge in [0.2, 0.25) is 0 Å². The van der Waals surface area contributed by atoms with E-state index in [1.807, 2.05) is 18.2 Å². The summed E-state index contributed by atoms with van der Waals surface area (Å²) >= 11 is 5.04. The molecule has 0 radical (unpaired) electrons. The number of pyridine rings is 2. The number of aromatic amines is 1. The van der Waals surface area contributed by atoms with Crippen molar-refractivity contribution in [1.82, 2.24) is 15.3 Å². The molecule has 2 aromatic rings. The van der Waals surface area contributed by atoms with Gasteiger partial charge < -0.3 is 10.3 Å². The van der Waals surface area contributed by atoms with Gasteiger partial charge in [-0.1, -0.05) is 18.3 Å². The van der Waals surface area contributed by atoms with Crippen LogP contribution in [0.15, 0.2) is 42.7 Å². The standard InChI is InChI=1S/C13H13N3OS/c17-12(11-5-3-8-16-13(11)18)15-9-6-10-4-1-2-7-14-10/h1-5,7-8H,6,9H2,(H,15,17)(H,16,18). The van der Waals surface area contributed by atoms with Gasteiger partial charge in [0.1, 0.15) is 4.64 Å². The number of carbonyl (C=O) groups excluding carboxylic acids is 1. The second kappa shape index (κ2) is 6.07. The molecule has 0 aliphatic carbocycles. The van der Waals surface area contributed by atoms with Crippen LogP contribution < -0.4 is 5.32 Å². The molecule has 0 aliphatic heterocycles. The number of H-pyrrole nitrogens is 1. The van der Waals surface area contributed by atoms with Gasteiger partial charge in [0.05, 0.1) is 5.56 Å². The zero-order valence-electron chi connectivity index (χ0n) is 9.72. The van der Waals surface area contributed by atoms with Crippen molar-refractivity contribution in [2.75, 3.05) is 6.54 Å². The van der Waals surface area contributed by atoms with Crippen molar-refractivity contribution < 1.29 is 4.79 Å². The first-order chi connectivity index (χ1) is 8.77. The minimum atomic E-state index is -0.159. The zero-order chi connectivity index (χ0) is 12.8. The van der Waals surface area contributed by atoms with Crippen molar-refractivity contribution >= 4 is 18.1 Å². The molecule has 4 nitrogen and oxygen atoms in total. The minimum Gasteiger partial charge on any atom is -0.352 e. The van der Waals surface area contributed by atoms with Gasteiger partial charge in [-0.25, -0.2) is 0 Å². The van der Waals surface area contributed by atoms with Crippen LogP contribution in [0.5, 0.6) is 0 Å². The number of carbonyl (C=O) groups is 1. The Kier molecular flexibility index (Phi) is 4.20. The average Bonchev–Trinajstić information content (AvgIpc) is 2.40. The van der Waals surface area contributed by atoms with Gasteiger partial charge in [0.15, 0.2) is 0 Å². The van der Waals surface area contributed by atoms with E-state index in [4.69, 9.17) is 12.2 Å². The molecule has 0 aliphatic rings. The lowest BCUT2D eigenvalue weighted by molar-refractivity contribution is 0.0953. The summed E-state index contributed by atoms with van der Waals surface area (Å²) in [4.78, 5) is 18.9. The number of rotatable bonds is 4. The number of aromatic nitrogens is 2. The van der Waals surface area contributed by atoms with E-state index in [1.54, 1.807) is 24.5 Å². The summed E-state index contributed by atoms with van der Waals surface area (Å²) in [6.45, 7) is 0.541. The molecule has 0 spiro atoms. The molecule has 2 aromatic heterocycles. The van der Waals surface area contributed by atoms with E-state index in [1.165, 1.54) is 0 Å². The molecule has 2 heterocycles. The topological polar surface area (TPSA) is 57.8 Å². The van der Waals surface area contributed by atoms with E-state index < -0.39 is 0 Å². The second-order valence-electron chi connectivity index (χ2n) is 3.74. The largest absolute Gasteiger partial charge is 0.352 e. The molecule has 0 saturated heterocycles. The van der Waals surface area contributed by atoms with E-state index in [0.717, 1.165) is 5.69 Å². The lowest BCUT2D eigenvalue weighted by Crippen LogP contribution is -2.26. The molecule has 92 valence electrons. The summed E-state index contributed by atoms with van der Waals surface area (Å²) in [6.07, 6.45) is 4.15. The van der Waals surface area contributed by atoms with Crippen LogP contribution in [0.4, 0.5) is 0 Å². The maximum absolute atomic E-state index is 11.8. The minimum absolute atomic E-state index is 0.159. The molecule has 0 atom stereocenters. The van der Waals surface area contributed by atoms with Gasteiger partial charge in [0, 0.05) is 31.1 Å². The Bertz CT molecular complexity index is 580. The van der Waals surface area contributed by atoms with Gasteiger partial charge in [0.25, 0.3) is 5.91 Å². The number of nitrogens with one attached hydrogen (secondary N) is 2. The molecule has 2 N–H and O–H groups in total. The highest BCUT2D eigenvalue weighted by atomic mass is 32.1. The molecule has 0 bridgehead atoms. The zero-order valence-corrected chi connectivity index (χ0v) is 10.5. The second-order valence-corrected chi connectivity index (χ2v) is 4.15. The van der Waals surface area contributed by atoms with Gasteiger partial charge in [-0.15, -0.1) is 0 Å². The number of nitrogens with zero attached hydrogens (tertiary/aromatic N) is 1. The van der Waals surface area contributed by atoms with Crippen molar-refractivity contribution in [3.05, 3.63) is 58.6 Å². The van der Waals surface area contributed by atoms with Gasteiger partial charge in [-0.05, 0) is 24.3 Å². The van der Waals surface area contributed by atoms with Crippen LogP contribution in [0.2, 0.25) is 0 Å². The van der Waals surface area contributed by atoms with Crippen molar-refractivity contribution in [1.29, 1.82) is 0 Å². The van der Waals surface area contributed by atoms with E-state index in [9.17, 15) is 4.79 Å². The molecule has 0 fully saturated rings. The summed E-state index contributed by atoms with van der Waals surface area (Å²) in [5.74, 6) is -0.159. The number of hydrogen-bond donors (Lipinski definition) is 2. The van der Waals surface area contributed by atoms with Crippen molar-refractivity contribution in [2.24, 2.45) is 0 Å². The molecule has 1 amide bonds. The first kappa shape index (κ1) is 12.4. The third kappa shape index (κ3) is 3.24. The highest BCUT2D eigenvalue weighted by molar-refractivity contribution is 7.71. The van der Waals surface area contributed by atoms with E-state index in [2.05, 4.69) is 15.3 Å². The molecule has 2 rings (SSSR count). The summed E-state index contributed by atoms with van der Waals surface area (Å²) in [5, 5.41) is 2.82. The Morgan fingerprint density at radius 3 is 2.94 bits per heavy atom. The lowest BCUT2D eigenvalue weighted by Gasteiger charge is -2.04. The van der Waals surface area contributed by atoms with Gasteiger partial charge in [-0.3, -0.25) is 9.78 Å². The Labute approximate surface area is 110 Å². The first-order valence-corrected chi connectivity index (χ1v) is 6.04. The maximum Gasteiger partial charge on any atom is 0.254 e. The maximum atomic E-state index is 11.8. The quantitative estimate of drug-likeness (QED) is 0.827. The molecule has 0 saturated carbocycles. The molecular formula is C13H13N3OS. The third-order valence-electron chi connectivity index (χ3n) is 2.46. The fraction of sp³-hybridized carbons (Fsp3) is 0.154. The van der Waals surface area contributed by atoms with Crippen LogP contribution in [-0.2, 0) is 6.42 Å². The predicted octanol–water partition coefficient (Wildman–Crippen LogP) is 2.11. The number of amides is 1. The van der Waals surface area contributed by atoms with Crippen molar-refractivity contribution in [3.8, 4) is 0 Å². The molecule has 0 aromatic carbocycles. The highest BCUT2D eigenvalue weighted by Crippen LogP contribution is 1.99. The predicted molar refractivity (Wildman–Crippen MR) is 71.9 cm³/mol. The van der Waals surface area contributed by atoms with Crippen LogP contribution in [-0.4, -0.2) is 22.4 Å². The van der Waals surface area contributed by atoms with E-state index in [0.29, 0.717) is 23.2 Å². The fourth-order valence-corrected chi connectivity index (χ4v) is 1.77.